The van der Waals surface area contributed by atoms with Crippen molar-refractivity contribution in [3.8, 4) is 5.75 Å². The summed E-state index contributed by atoms with van der Waals surface area (Å²) in [6.45, 7) is 18.7. The zero-order chi connectivity index (χ0) is 75.0. The average molecular weight is 1480 g/mol. The Morgan fingerprint density at radius 3 is 1.29 bits per heavy atom. The summed E-state index contributed by atoms with van der Waals surface area (Å²) in [6, 6.07) is 89.8. The highest BCUT2D eigenvalue weighted by atomic mass is 79.9. The molecular formula is C93H79BrN8O6. The van der Waals surface area contributed by atoms with Gasteiger partial charge in [-0.15, -0.1) is 0 Å². The van der Waals surface area contributed by atoms with E-state index in [1.54, 1.807) is 43.5 Å². The first kappa shape index (κ1) is 73.0. The molecule has 16 rings (SSSR count). The Morgan fingerprint density at radius 1 is 0.407 bits per heavy atom. The molecule has 0 fully saturated rings. The number of ether oxygens (including phenoxy) is 1. The fourth-order valence-electron chi connectivity index (χ4n) is 13.2. The number of fused-ring (bicyclic) bond motifs is 4. The van der Waals surface area contributed by atoms with Gasteiger partial charge in [-0.05, 0) is 126 Å². The van der Waals surface area contributed by atoms with Crippen molar-refractivity contribution in [3.63, 3.8) is 0 Å². The number of amides is 3. The summed E-state index contributed by atoms with van der Waals surface area (Å²) >= 11 is 3.45. The Kier molecular flexibility index (Phi) is 23.1. The Hall–Kier alpha value is -13.3. The summed E-state index contributed by atoms with van der Waals surface area (Å²) in [4.78, 5) is 54.3. The smallest absolute Gasteiger partial charge is 0.259 e. The van der Waals surface area contributed by atoms with E-state index in [4.69, 9.17) is 15.7 Å². The van der Waals surface area contributed by atoms with E-state index in [-0.39, 0.29) is 29.9 Å². The monoisotopic (exact) mass is 1480 g/mol. The van der Waals surface area contributed by atoms with Crippen LogP contribution in [-0.2, 0) is 32.6 Å². The SMILES string of the molecule is COc1ccccc1C(=O)Nc1cn(Cc2ccc(C)cc2)c2ccccc12.Cc1ccc(Cn2cc(NC(=O)c3ccccc3Br)c3ccccc32)cc1.Cc1cccc(Cn2cc(NC(=O)c3ccoc3)c3ccccc32)c1.[C-]#[N+]c1ccccc1C(=O)Cc1cn(Cc2ccc(C)cc2)c2ccccc12. The second-order valence-corrected chi connectivity index (χ2v) is 27.4. The van der Waals surface area contributed by atoms with Crippen molar-refractivity contribution in [1.29, 1.82) is 0 Å². The highest BCUT2D eigenvalue weighted by Crippen LogP contribution is 2.33. The molecule has 534 valence electrons. The number of nitrogens with one attached hydrogen (secondary N) is 3. The van der Waals surface area contributed by atoms with E-state index in [1.165, 1.54) is 57.0 Å². The summed E-state index contributed by atoms with van der Waals surface area (Å²) in [5, 5.41) is 13.3. The number of carbonyl (C=O) groups is 4. The summed E-state index contributed by atoms with van der Waals surface area (Å²) < 4.78 is 19.8. The van der Waals surface area contributed by atoms with E-state index in [0.717, 1.165) is 96.9 Å². The van der Waals surface area contributed by atoms with Crippen LogP contribution in [0.5, 0.6) is 5.75 Å². The van der Waals surface area contributed by atoms with E-state index in [0.29, 0.717) is 33.7 Å². The molecule has 3 amide bonds. The van der Waals surface area contributed by atoms with Gasteiger partial charge >= 0.3 is 0 Å². The van der Waals surface area contributed by atoms with Crippen LogP contribution in [0.25, 0.3) is 48.5 Å². The number of benzene rings is 11. The fourth-order valence-corrected chi connectivity index (χ4v) is 13.7. The predicted octanol–water partition coefficient (Wildman–Crippen LogP) is 22.1. The predicted molar refractivity (Wildman–Crippen MR) is 439 cm³/mol. The number of anilines is 3. The number of hydrogen-bond acceptors (Lipinski definition) is 6. The maximum atomic E-state index is 12.9. The number of carbonyl (C=O) groups excluding carboxylic acids is 4. The summed E-state index contributed by atoms with van der Waals surface area (Å²) in [5.41, 5.74) is 20.2. The number of hydrogen-bond donors (Lipinski definition) is 3. The van der Waals surface area contributed by atoms with Crippen molar-refractivity contribution in [2.45, 2.75) is 60.3 Å². The van der Waals surface area contributed by atoms with Gasteiger partial charge in [0.25, 0.3) is 17.7 Å². The van der Waals surface area contributed by atoms with Gasteiger partial charge in [0.1, 0.15) is 12.0 Å². The molecule has 15 heteroatoms. The highest BCUT2D eigenvalue weighted by molar-refractivity contribution is 9.10. The van der Waals surface area contributed by atoms with Gasteiger partial charge in [-0.1, -0.05) is 241 Å². The Balaban J connectivity index is 0.000000127. The molecule has 0 spiro atoms. The van der Waals surface area contributed by atoms with Crippen molar-refractivity contribution >= 4 is 106 Å². The Bertz CT molecular complexity index is 5920. The Morgan fingerprint density at radius 2 is 0.815 bits per heavy atom. The van der Waals surface area contributed by atoms with E-state index < -0.39 is 0 Å². The third-order valence-electron chi connectivity index (χ3n) is 18.8. The van der Waals surface area contributed by atoms with Crippen molar-refractivity contribution in [2.75, 3.05) is 23.1 Å². The molecular weight excluding hydrogens is 1400 g/mol. The molecule has 3 N–H and O–H groups in total. The number of methoxy groups -OCH3 is 1. The lowest BCUT2D eigenvalue weighted by atomic mass is 10.0. The molecule has 5 aromatic heterocycles. The number of nitrogens with zero attached hydrogens (tertiary/aromatic N) is 5. The van der Waals surface area contributed by atoms with Crippen LogP contribution in [0, 0.1) is 34.3 Å². The zero-order valence-corrected chi connectivity index (χ0v) is 62.1. The molecule has 0 aliphatic rings. The van der Waals surface area contributed by atoms with Crippen LogP contribution in [0.1, 0.15) is 91.5 Å². The van der Waals surface area contributed by atoms with Crippen LogP contribution >= 0.6 is 15.9 Å². The molecule has 108 heavy (non-hydrogen) atoms. The van der Waals surface area contributed by atoms with Crippen LogP contribution in [0.3, 0.4) is 0 Å². The lowest BCUT2D eigenvalue weighted by molar-refractivity contribution is 0.0990. The molecule has 0 aliphatic heterocycles. The highest BCUT2D eigenvalue weighted by Gasteiger charge is 2.20. The summed E-state index contributed by atoms with van der Waals surface area (Å²) in [7, 11) is 1.57. The molecule has 0 saturated heterocycles. The minimum atomic E-state index is -0.185. The number of halogens is 1. The third-order valence-corrected chi connectivity index (χ3v) is 19.5. The molecule has 0 unspecified atom stereocenters. The van der Waals surface area contributed by atoms with Gasteiger partial charge in [0, 0.05) is 94.5 Å². The van der Waals surface area contributed by atoms with Crippen molar-refractivity contribution in [2.24, 2.45) is 0 Å². The molecule has 0 atom stereocenters. The first-order valence-electron chi connectivity index (χ1n) is 35.5. The van der Waals surface area contributed by atoms with E-state index in [9.17, 15) is 19.2 Å². The first-order valence-corrected chi connectivity index (χ1v) is 36.3. The van der Waals surface area contributed by atoms with Gasteiger partial charge in [-0.2, -0.15) is 0 Å². The third kappa shape index (κ3) is 17.6. The largest absolute Gasteiger partial charge is 0.496 e. The van der Waals surface area contributed by atoms with Gasteiger partial charge in [0.15, 0.2) is 11.5 Å². The fraction of sp³-hybridized carbons (Fsp3) is 0.108. The molecule has 0 radical (unpaired) electrons. The quantitative estimate of drug-likeness (QED) is 0.0575. The molecule has 0 aliphatic carbocycles. The van der Waals surface area contributed by atoms with E-state index in [1.807, 2.05) is 128 Å². The number of aryl methyl sites for hydroxylation is 4. The second-order valence-electron chi connectivity index (χ2n) is 26.6. The van der Waals surface area contributed by atoms with Crippen molar-refractivity contribution in [1.82, 2.24) is 18.3 Å². The maximum Gasteiger partial charge on any atom is 0.259 e. The van der Waals surface area contributed by atoms with Crippen LogP contribution < -0.4 is 20.7 Å². The number of ketones is 1. The lowest BCUT2D eigenvalue weighted by Gasteiger charge is -2.08. The average Bonchev–Trinajstić information content (AvgIpc) is 1.66. The lowest BCUT2D eigenvalue weighted by Crippen LogP contribution is -2.12. The number of Topliss-reactive ketones (excluding diaryl/α,β-unsaturated/α-hetero) is 1. The van der Waals surface area contributed by atoms with E-state index in [2.05, 4.69) is 216 Å². The minimum Gasteiger partial charge on any atom is -0.496 e. The molecule has 5 heterocycles. The molecule has 0 saturated carbocycles. The topological polar surface area (TPSA) is 151 Å². The normalized spacial score (nSPS) is 10.8. The van der Waals surface area contributed by atoms with Crippen molar-refractivity contribution < 1.29 is 28.3 Å². The molecule has 11 aromatic carbocycles. The molecule has 0 bridgehead atoms. The minimum absolute atomic E-state index is 0.0233. The van der Waals surface area contributed by atoms with Gasteiger partial charge in [0.2, 0.25) is 0 Å². The standard InChI is InChI=1S/C25H20N2O.C24H22N2O2.C23H19BrN2O.C21H18N2O2/c1-18-11-13-19(14-12-18)16-27-17-20(21-7-4-6-10-24(21)27)15-25(28)22-8-3-5-9-23(22)26-2;1-17-11-13-18(14-12-17)15-26-16-21(19-7-3-5-9-22(19)26)25-24(27)20-8-4-6-10-23(20)28-2;1-16-10-12-17(13-11-16)14-26-15-21(19-7-3-5-9-22(19)26)25-23(27)18-6-2-4-8-20(18)24;1-15-5-4-6-16(11-15)12-23-13-19(18-7-2-3-8-20(18)23)22-21(24)17-9-10-25-14-17/h3-14,17H,15-16H2,1H3;3-14,16H,15H2,1-2H3,(H,25,27);2-13,15H,14H2,1H3,(H,25,27);2-11,13-14H,12H2,1H3,(H,22,24). The number of furan rings is 1. The molecule has 16 aromatic rings. The van der Waals surface area contributed by atoms with Gasteiger partial charge < -0.3 is 43.4 Å². The number of rotatable bonds is 18. The number of aromatic nitrogens is 4. The van der Waals surface area contributed by atoms with Crippen LogP contribution in [0.2, 0.25) is 0 Å². The first-order chi connectivity index (χ1) is 52.6. The second kappa shape index (κ2) is 34.1. The van der Waals surface area contributed by atoms with Gasteiger partial charge in [-0.25, -0.2) is 4.85 Å². The zero-order valence-electron chi connectivity index (χ0n) is 60.5. The molecule has 14 nitrogen and oxygen atoms in total. The maximum absolute atomic E-state index is 12.9. The van der Waals surface area contributed by atoms with Crippen LogP contribution in [0.15, 0.2) is 319 Å². The van der Waals surface area contributed by atoms with E-state index >= 15 is 0 Å². The van der Waals surface area contributed by atoms with Crippen molar-refractivity contribution in [3.05, 3.63) is 399 Å². The Labute approximate surface area is 636 Å². The summed E-state index contributed by atoms with van der Waals surface area (Å²) in [6.07, 6.45) is 11.3. The van der Waals surface area contributed by atoms with Gasteiger partial charge in [0.05, 0.1) is 70.2 Å². The van der Waals surface area contributed by atoms with Gasteiger partial charge in [-0.3, -0.25) is 19.2 Å². The van der Waals surface area contributed by atoms with Crippen LogP contribution in [-0.4, -0.2) is 48.9 Å². The van der Waals surface area contributed by atoms with Crippen LogP contribution in [0.4, 0.5) is 22.7 Å². The number of para-hydroxylation sites is 6. The summed E-state index contributed by atoms with van der Waals surface area (Å²) in [5.74, 6) is 0.0526.